The van der Waals surface area contributed by atoms with Crippen molar-refractivity contribution in [2.24, 2.45) is 0 Å². The van der Waals surface area contributed by atoms with Gasteiger partial charge in [0.15, 0.2) is 0 Å². The zero-order chi connectivity index (χ0) is 6.69. The molecule has 0 bridgehead atoms. The molecule has 0 saturated carbocycles. The van der Waals surface area contributed by atoms with E-state index in [0.717, 1.165) is 13.0 Å². The molecule has 1 aromatic heterocycles. The second-order valence-electron chi connectivity index (χ2n) is 1.93. The molecule has 3 heteroatoms. The summed E-state index contributed by atoms with van der Waals surface area (Å²) in [6.07, 6.45) is 3.90. The number of aryl methyl sites for hydroxylation is 1. The normalized spacial score (nSPS) is 10.0. The first-order valence-electron chi connectivity index (χ1n) is 3.00. The van der Waals surface area contributed by atoms with Crippen LogP contribution in [-0.2, 0) is 6.54 Å². The molecule has 0 atom stereocenters. The van der Waals surface area contributed by atoms with Crippen LogP contribution in [0.5, 0.6) is 0 Å². The Balaban J connectivity index is 2.61. The number of hydrogen-bond acceptors (Lipinski definition) is 1. The van der Waals surface area contributed by atoms with Crippen LogP contribution in [0.2, 0.25) is 0 Å². The highest BCUT2D eigenvalue weighted by Gasteiger charge is 1.92. The lowest BCUT2D eigenvalue weighted by atomic mass is 10.5. The maximum atomic E-state index is 12.1. The average molecular weight is 128 g/mol. The Kier molecular flexibility index (Phi) is 1.82. The molecule has 0 aromatic carbocycles. The molecule has 0 aliphatic rings. The maximum Gasteiger partial charge on any atom is 0.230 e. The Bertz CT molecular complexity index is 183. The van der Waals surface area contributed by atoms with Crippen LogP contribution in [0.25, 0.3) is 0 Å². The fourth-order valence-electron chi connectivity index (χ4n) is 0.713. The van der Waals surface area contributed by atoms with Gasteiger partial charge in [-0.3, -0.25) is 0 Å². The van der Waals surface area contributed by atoms with Gasteiger partial charge in [-0.05, 0) is 6.42 Å². The average Bonchev–Trinajstić information content (AvgIpc) is 2.17. The van der Waals surface area contributed by atoms with Crippen LogP contribution < -0.4 is 0 Å². The van der Waals surface area contributed by atoms with E-state index in [2.05, 4.69) is 4.98 Å². The van der Waals surface area contributed by atoms with Gasteiger partial charge in [-0.25, -0.2) is 4.98 Å². The lowest BCUT2D eigenvalue weighted by Crippen LogP contribution is -1.90. The van der Waals surface area contributed by atoms with E-state index in [1.165, 1.54) is 12.5 Å². The van der Waals surface area contributed by atoms with Gasteiger partial charge in [0.25, 0.3) is 0 Å². The van der Waals surface area contributed by atoms with Crippen molar-refractivity contribution in [1.29, 1.82) is 0 Å². The van der Waals surface area contributed by atoms with Crippen LogP contribution in [0.15, 0.2) is 12.5 Å². The Hall–Kier alpha value is -0.860. The summed E-state index contributed by atoms with van der Waals surface area (Å²) >= 11 is 0. The van der Waals surface area contributed by atoms with E-state index in [1.54, 1.807) is 4.57 Å². The summed E-state index contributed by atoms with van der Waals surface area (Å²) in [5.41, 5.74) is 0. The molecule has 50 valence electrons. The van der Waals surface area contributed by atoms with Crippen LogP contribution in [0.3, 0.4) is 0 Å². The standard InChI is InChI=1S/C6H9FN2/c1-2-3-9-4-6(7)8-5-9/h4-5H,2-3H2,1H3. The van der Waals surface area contributed by atoms with Crippen molar-refractivity contribution >= 4 is 0 Å². The van der Waals surface area contributed by atoms with Crippen molar-refractivity contribution < 1.29 is 4.39 Å². The highest BCUT2D eigenvalue weighted by atomic mass is 19.1. The minimum atomic E-state index is -0.400. The van der Waals surface area contributed by atoms with Gasteiger partial charge in [0.1, 0.15) is 0 Å². The molecule has 0 aliphatic carbocycles. The highest BCUT2D eigenvalue weighted by Crippen LogP contribution is 1.93. The van der Waals surface area contributed by atoms with Gasteiger partial charge in [0, 0.05) is 6.54 Å². The number of imidazole rings is 1. The predicted octanol–water partition coefficient (Wildman–Crippen LogP) is 1.43. The van der Waals surface area contributed by atoms with Crippen LogP contribution >= 0.6 is 0 Å². The van der Waals surface area contributed by atoms with E-state index in [0.29, 0.717) is 0 Å². The molecule has 9 heavy (non-hydrogen) atoms. The number of halogens is 1. The van der Waals surface area contributed by atoms with Gasteiger partial charge < -0.3 is 4.57 Å². The van der Waals surface area contributed by atoms with Crippen molar-refractivity contribution in [1.82, 2.24) is 9.55 Å². The summed E-state index contributed by atoms with van der Waals surface area (Å²) in [6, 6.07) is 0. The SMILES string of the molecule is CCCn1cnc(F)c1. The highest BCUT2D eigenvalue weighted by molar-refractivity contribution is 4.77. The number of rotatable bonds is 2. The van der Waals surface area contributed by atoms with E-state index in [-0.39, 0.29) is 0 Å². The van der Waals surface area contributed by atoms with Crippen molar-refractivity contribution in [2.75, 3.05) is 0 Å². The van der Waals surface area contributed by atoms with Crippen LogP contribution in [-0.4, -0.2) is 9.55 Å². The molecule has 0 unspecified atom stereocenters. The van der Waals surface area contributed by atoms with Gasteiger partial charge in [0.2, 0.25) is 5.95 Å². The predicted molar refractivity (Wildman–Crippen MR) is 32.5 cm³/mol. The van der Waals surface area contributed by atoms with E-state index in [1.807, 2.05) is 6.92 Å². The quantitative estimate of drug-likeness (QED) is 0.589. The maximum absolute atomic E-state index is 12.1. The zero-order valence-electron chi connectivity index (χ0n) is 5.34. The van der Waals surface area contributed by atoms with Crippen LogP contribution in [0.4, 0.5) is 4.39 Å². The molecule has 0 fully saturated rings. The van der Waals surface area contributed by atoms with Crippen molar-refractivity contribution in [3.8, 4) is 0 Å². The minimum absolute atomic E-state index is 0.400. The third kappa shape index (κ3) is 1.52. The zero-order valence-corrected chi connectivity index (χ0v) is 5.34. The summed E-state index contributed by atoms with van der Waals surface area (Å²) in [7, 11) is 0. The van der Waals surface area contributed by atoms with Gasteiger partial charge in [-0.1, -0.05) is 6.92 Å². The number of nitrogens with zero attached hydrogens (tertiary/aromatic N) is 2. The van der Waals surface area contributed by atoms with Gasteiger partial charge >= 0.3 is 0 Å². The first kappa shape index (κ1) is 6.26. The fraction of sp³-hybridized carbons (Fsp3) is 0.500. The first-order valence-corrected chi connectivity index (χ1v) is 3.00. The molecular weight excluding hydrogens is 119 g/mol. The lowest BCUT2D eigenvalue weighted by molar-refractivity contribution is 0.585. The third-order valence-electron chi connectivity index (χ3n) is 1.08. The first-order chi connectivity index (χ1) is 4.33. The van der Waals surface area contributed by atoms with E-state index < -0.39 is 5.95 Å². The Morgan fingerprint density at radius 2 is 2.56 bits per heavy atom. The Morgan fingerprint density at radius 3 is 3.00 bits per heavy atom. The van der Waals surface area contributed by atoms with Gasteiger partial charge in [-0.15, -0.1) is 0 Å². The van der Waals surface area contributed by atoms with Gasteiger partial charge in [0.05, 0.1) is 12.5 Å². The van der Waals surface area contributed by atoms with Crippen molar-refractivity contribution in [2.45, 2.75) is 19.9 Å². The van der Waals surface area contributed by atoms with Crippen molar-refractivity contribution in [3.63, 3.8) is 0 Å². The molecule has 0 amide bonds. The number of aromatic nitrogens is 2. The lowest BCUT2D eigenvalue weighted by Gasteiger charge is -1.93. The summed E-state index contributed by atoms with van der Waals surface area (Å²) in [5.74, 6) is -0.400. The summed E-state index contributed by atoms with van der Waals surface area (Å²) in [6.45, 7) is 2.88. The minimum Gasteiger partial charge on any atom is -0.335 e. The third-order valence-corrected chi connectivity index (χ3v) is 1.08. The molecule has 0 saturated heterocycles. The summed E-state index contributed by atoms with van der Waals surface area (Å²) in [4.78, 5) is 3.43. The molecule has 1 heterocycles. The monoisotopic (exact) mass is 128 g/mol. The molecule has 0 spiro atoms. The molecule has 0 N–H and O–H groups in total. The molecule has 0 aliphatic heterocycles. The van der Waals surface area contributed by atoms with Crippen molar-refractivity contribution in [3.05, 3.63) is 18.5 Å². The molecule has 0 radical (unpaired) electrons. The number of hydrogen-bond donors (Lipinski definition) is 0. The summed E-state index contributed by atoms with van der Waals surface area (Å²) in [5, 5.41) is 0. The van der Waals surface area contributed by atoms with Crippen LogP contribution in [0, 0.1) is 5.95 Å². The van der Waals surface area contributed by atoms with E-state index >= 15 is 0 Å². The topological polar surface area (TPSA) is 17.8 Å². The molecular formula is C6H9FN2. The summed E-state index contributed by atoms with van der Waals surface area (Å²) < 4.78 is 13.9. The van der Waals surface area contributed by atoms with Crippen LogP contribution in [0.1, 0.15) is 13.3 Å². The second kappa shape index (κ2) is 2.62. The second-order valence-corrected chi connectivity index (χ2v) is 1.93. The Morgan fingerprint density at radius 1 is 1.78 bits per heavy atom. The smallest absolute Gasteiger partial charge is 0.230 e. The fourth-order valence-corrected chi connectivity index (χ4v) is 0.713. The van der Waals surface area contributed by atoms with Gasteiger partial charge in [-0.2, -0.15) is 4.39 Å². The largest absolute Gasteiger partial charge is 0.335 e. The molecule has 2 nitrogen and oxygen atoms in total. The Labute approximate surface area is 53.3 Å². The van der Waals surface area contributed by atoms with E-state index in [4.69, 9.17) is 0 Å². The molecule has 1 aromatic rings. The molecule has 1 rings (SSSR count). The van der Waals surface area contributed by atoms with E-state index in [9.17, 15) is 4.39 Å².